The molecule has 1 aromatic carbocycles. The minimum absolute atomic E-state index is 0.0357. The first-order chi connectivity index (χ1) is 13.2. The van der Waals surface area contributed by atoms with Gasteiger partial charge in [-0.15, -0.1) is 0 Å². The summed E-state index contributed by atoms with van der Waals surface area (Å²) in [6, 6.07) is 8.79. The lowest BCUT2D eigenvalue weighted by Gasteiger charge is -2.36. The van der Waals surface area contributed by atoms with Gasteiger partial charge in [0.25, 0.3) is 0 Å². The fourth-order valence-electron chi connectivity index (χ4n) is 3.89. The molecule has 2 heterocycles. The molecule has 1 aromatic rings. The summed E-state index contributed by atoms with van der Waals surface area (Å²) in [5, 5.41) is 2.99. The number of carbonyl (C=O) groups excluding carboxylic acids is 1. The van der Waals surface area contributed by atoms with Crippen LogP contribution >= 0.6 is 0 Å². The first-order valence-electron chi connectivity index (χ1n) is 10.3. The number of aryl methyl sites for hydroxylation is 1. The average molecular weight is 375 g/mol. The lowest BCUT2D eigenvalue weighted by Crippen LogP contribution is -2.50. The Morgan fingerprint density at radius 2 is 1.89 bits per heavy atom. The molecule has 2 aliphatic heterocycles. The van der Waals surface area contributed by atoms with E-state index in [4.69, 9.17) is 4.74 Å². The standard InChI is InChI=1S/C21H34N4O2/c1-3-4-18-5-7-20(8-6-18)27-16-10-22-21(26)25-11-9-19(17-25)24-14-12-23(2)13-15-24/h5-8,19H,3-4,9-17H2,1-2H3,(H,22,26). The molecule has 6 nitrogen and oxygen atoms in total. The number of rotatable bonds is 7. The molecule has 0 radical (unpaired) electrons. The summed E-state index contributed by atoms with van der Waals surface area (Å²) in [4.78, 5) is 19.2. The largest absolute Gasteiger partial charge is 0.492 e. The molecule has 2 aliphatic rings. The number of hydrogen-bond acceptors (Lipinski definition) is 4. The summed E-state index contributed by atoms with van der Waals surface area (Å²) in [6.45, 7) is 9.38. The van der Waals surface area contributed by atoms with Gasteiger partial charge in [-0.3, -0.25) is 4.90 Å². The van der Waals surface area contributed by atoms with Crippen LogP contribution in [0, 0.1) is 0 Å². The first-order valence-corrected chi connectivity index (χ1v) is 10.3. The lowest BCUT2D eigenvalue weighted by molar-refractivity contribution is 0.114. The molecular weight excluding hydrogens is 340 g/mol. The van der Waals surface area contributed by atoms with Crippen LogP contribution in [0.15, 0.2) is 24.3 Å². The van der Waals surface area contributed by atoms with Gasteiger partial charge in [0, 0.05) is 45.3 Å². The molecular formula is C21H34N4O2. The molecule has 1 atom stereocenters. The Bertz CT molecular complexity index is 584. The monoisotopic (exact) mass is 374 g/mol. The van der Waals surface area contributed by atoms with E-state index in [9.17, 15) is 4.79 Å². The molecule has 0 spiro atoms. The van der Waals surface area contributed by atoms with Crippen LogP contribution in [0.1, 0.15) is 25.3 Å². The van der Waals surface area contributed by atoms with Crippen LogP contribution in [-0.4, -0.2) is 86.2 Å². The minimum Gasteiger partial charge on any atom is -0.492 e. The fraction of sp³-hybridized carbons (Fsp3) is 0.667. The van der Waals surface area contributed by atoms with E-state index in [2.05, 4.69) is 41.2 Å². The van der Waals surface area contributed by atoms with Crippen molar-refractivity contribution in [3.8, 4) is 5.75 Å². The van der Waals surface area contributed by atoms with Gasteiger partial charge in [0.15, 0.2) is 0 Å². The van der Waals surface area contributed by atoms with Crippen molar-refractivity contribution in [2.45, 2.75) is 32.2 Å². The predicted octanol–water partition coefficient (Wildman–Crippen LogP) is 2.05. The van der Waals surface area contributed by atoms with Crippen LogP contribution in [0.5, 0.6) is 5.75 Å². The number of carbonyl (C=O) groups is 1. The van der Waals surface area contributed by atoms with Gasteiger partial charge in [-0.1, -0.05) is 25.5 Å². The molecule has 0 aliphatic carbocycles. The lowest BCUT2D eigenvalue weighted by atomic mass is 10.1. The average Bonchev–Trinajstić information content (AvgIpc) is 3.17. The number of urea groups is 1. The molecule has 0 saturated carbocycles. The van der Waals surface area contributed by atoms with Gasteiger partial charge in [-0.05, 0) is 37.6 Å². The van der Waals surface area contributed by atoms with E-state index >= 15 is 0 Å². The third kappa shape index (κ3) is 5.84. The highest BCUT2D eigenvalue weighted by Crippen LogP contribution is 2.17. The van der Waals surface area contributed by atoms with Gasteiger partial charge >= 0.3 is 6.03 Å². The highest BCUT2D eigenvalue weighted by Gasteiger charge is 2.31. The van der Waals surface area contributed by atoms with Gasteiger partial charge in [-0.2, -0.15) is 0 Å². The maximum Gasteiger partial charge on any atom is 0.317 e. The zero-order valence-corrected chi connectivity index (χ0v) is 16.8. The van der Waals surface area contributed by atoms with E-state index in [0.717, 1.165) is 64.3 Å². The van der Waals surface area contributed by atoms with Crippen LogP contribution in [0.25, 0.3) is 0 Å². The van der Waals surface area contributed by atoms with Crippen molar-refractivity contribution in [3.05, 3.63) is 29.8 Å². The third-order valence-electron chi connectivity index (χ3n) is 5.61. The molecule has 1 N–H and O–H groups in total. The second-order valence-corrected chi connectivity index (χ2v) is 7.70. The van der Waals surface area contributed by atoms with Crippen molar-refractivity contribution in [3.63, 3.8) is 0 Å². The van der Waals surface area contributed by atoms with E-state index in [1.807, 2.05) is 17.0 Å². The number of nitrogens with zero attached hydrogens (tertiary/aromatic N) is 3. The molecule has 2 fully saturated rings. The van der Waals surface area contributed by atoms with Crippen LogP contribution in [0.4, 0.5) is 4.79 Å². The minimum atomic E-state index is 0.0357. The van der Waals surface area contributed by atoms with Crippen molar-refractivity contribution in [2.75, 3.05) is 59.5 Å². The molecule has 0 bridgehead atoms. The van der Waals surface area contributed by atoms with Crippen LogP contribution < -0.4 is 10.1 Å². The summed E-state index contributed by atoms with van der Waals surface area (Å²) in [7, 11) is 2.17. The van der Waals surface area contributed by atoms with E-state index < -0.39 is 0 Å². The van der Waals surface area contributed by atoms with Crippen molar-refractivity contribution < 1.29 is 9.53 Å². The third-order valence-corrected chi connectivity index (χ3v) is 5.61. The van der Waals surface area contributed by atoms with Crippen LogP contribution in [-0.2, 0) is 6.42 Å². The summed E-state index contributed by atoms with van der Waals surface area (Å²) < 4.78 is 5.73. The number of nitrogens with one attached hydrogen (secondary N) is 1. The summed E-state index contributed by atoms with van der Waals surface area (Å²) in [6.07, 6.45) is 3.33. The fourth-order valence-corrected chi connectivity index (χ4v) is 3.89. The Hall–Kier alpha value is -1.79. The normalized spacial score (nSPS) is 21.4. The Labute approximate surface area is 163 Å². The van der Waals surface area contributed by atoms with Crippen molar-refractivity contribution >= 4 is 6.03 Å². The summed E-state index contributed by atoms with van der Waals surface area (Å²) in [5.74, 6) is 0.861. The van der Waals surface area contributed by atoms with Gasteiger partial charge in [0.1, 0.15) is 12.4 Å². The van der Waals surface area contributed by atoms with Crippen molar-refractivity contribution in [2.24, 2.45) is 0 Å². The molecule has 0 aromatic heterocycles. The van der Waals surface area contributed by atoms with Gasteiger partial charge in [0.05, 0.1) is 6.54 Å². The van der Waals surface area contributed by atoms with Gasteiger partial charge in [0.2, 0.25) is 0 Å². The number of ether oxygens (including phenoxy) is 1. The van der Waals surface area contributed by atoms with E-state index in [1.54, 1.807) is 0 Å². The van der Waals surface area contributed by atoms with Crippen LogP contribution in [0.3, 0.4) is 0 Å². The zero-order chi connectivity index (χ0) is 19.1. The molecule has 1 unspecified atom stereocenters. The number of likely N-dealkylation sites (N-methyl/N-ethyl adjacent to an activating group) is 1. The molecule has 2 amide bonds. The Morgan fingerprint density at radius 1 is 1.15 bits per heavy atom. The van der Waals surface area contributed by atoms with E-state index in [-0.39, 0.29) is 6.03 Å². The smallest absolute Gasteiger partial charge is 0.317 e. The summed E-state index contributed by atoms with van der Waals surface area (Å²) >= 11 is 0. The first kappa shape index (κ1) is 20.0. The molecule has 3 rings (SSSR count). The molecule has 6 heteroatoms. The van der Waals surface area contributed by atoms with Crippen LogP contribution in [0.2, 0.25) is 0 Å². The highest BCUT2D eigenvalue weighted by molar-refractivity contribution is 5.74. The number of benzene rings is 1. The topological polar surface area (TPSA) is 48.1 Å². The molecule has 2 saturated heterocycles. The second kappa shape index (κ2) is 9.95. The maximum absolute atomic E-state index is 12.4. The van der Waals surface area contributed by atoms with E-state index in [1.165, 1.54) is 5.56 Å². The number of piperazine rings is 1. The predicted molar refractivity (Wildman–Crippen MR) is 108 cm³/mol. The number of hydrogen-bond donors (Lipinski definition) is 1. The maximum atomic E-state index is 12.4. The SMILES string of the molecule is CCCc1ccc(OCCNC(=O)N2CCC(N3CCN(C)CC3)C2)cc1. The van der Waals surface area contributed by atoms with E-state index in [0.29, 0.717) is 19.2 Å². The van der Waals surface area contributed by atoms with Crippen molar-refractivity contribution in [1.29, 1.82) is 0 Å². The van der Waals surface area contributed by atoms with Crippen molar-refractivity contribution in [1.82, 2.24) is 20.0 Å². The Balaban J connectivity index is 1.32. The highest BCUT2D eigenvalue weighted by atomic mass is 16.5. The number of likely N-dealkylation sites (tertiary alicyclic amines) is 1. The quantitative estimate of drug-likeness (QED) is 0.742. The molecule has 27 heavy (non-hydrogen) atoms. The number of amides is 2. The second-order valence-electron chi connectivity index (χ2n) is 7.70. The molecule has 150 valence electrons. The Morgan fingerprint density at radius 3 is 2.59 bits per heavy atom. The van der Waals surface area contributed by atoms with Gasteiger partial charge < -0.3 is 19.9 Å². The zero-order valence-electron chi connectivity index (χ0n) is 16.8. The summed E-state index contributed by atoms with van der Waals surface area (Å²) in [5.41, 5.74) is 1.34. The van der Waals surface area contributed by atoms with Gasteiger partial charge in [-0.25, -0.2) is 4.79 Å². The Kier molecular flexibility index (Phi) is 7.35.